The number of nitrogens with one attached hydrogen (secondary N) is 1. The smallest absolute Gasteiger partial charge is 0.0794 e. The van der Waals surface area contributed by atoms with Crippen LogP contribution in [0.3, 0.4) is 0 Å². The standard InChI is InChI=1S/C13H24N2OS/c1-3-7-15-12(6-5-8-16-4-2)9-13-10-14-11-17-13/h10-12,15H,3-9H2,1-2H3. The summed E-state index contributed by atoms with van der Waals surface area (Å²) in [4.78, 5) is 5.50. The van der Waals surface area contributed by atoms with Gasteiger partial charge in [-0.2, -0.15) is 0 Å². The highest BCUT2D eigenvalue weighted by Gasteiger charge is 2.09. The lowest BCUT2D eigenvalue weighted by Gasteiger charge is -2.17. The Balaban J connectivity index is 2.26. The zero-order valence-corrected chi connectivity index (χ0v) is 11.8. The van der Waals surface area contributed by atoms with Crippen LogP contribution in [0.25, 0.3) is 0 Å². The number of thiazole rings is 1. The fraction of sp³-hybridized carbons (Fsp3) is 0.769. The molecule has 0 bridgehead atoms. The first-order valence-corrected chi connectivity index (χ1v) is 7.43. The molecule has 3 nitrogen and oxygen atoms in total. The van der Waals surface area contributed by atoms with E-state index in [0.29, 0.717) is 6.04 Å². The first kappa shape index (κ1) is 14.6. The van der Waals surface area contributed by atoms with E-state index in [2.05, 4.69) is 17.2 Å². The van der Waals surface area contributed by atoms with Gasteiger partial charge < -0.3 is 10.1 Å². The van der Waals surface area contributed by atoms with Gasteiger partial charge in [0.25, 0.3) is 0 Å². The van der Waals surface area contributed by atoms with Gasteiger partial charge in [0.15, 0.2) is 0 Å². The van der Waals surface area contributed by atoms with Gasteiger partial charge in [-0.1, -0.05) is 6.92 Å². The summed E-state index contributed by atoms with van der Waals surface area (Å²) in [6.07, 6.45) is 6.57. The summed E-state index contributed by atoms with van der Waals surface area (Å²) in [6, 6.07) is 0.566. The van der Waals surface area contributed by atoms with Crippen molar-refractivity contribution in [3.8, 4) is 0 Å². The van der Waals surface area contributed by atoms with Crippen molar-refractivity contribution < 1.29 is 4.74 Å². The van der Waals surface area contributed by atoms with Gasteiger partial charge in [0, 0.05) is 30.3 Å². The van der Waals surface area contributed by atoms with Crippen LogP contribution in [0.2, 0.25) is 0 Å². The van der Waals surface area contributed by atoms with Crippen molar-refractivity contribution in [3.05, 3.63) is 16.6 Å². The molecule has 0 spiro atoms. The van der Waals surface area contributed by atoms with Crippen LogP contribution in [-0.2, 0) is 11.2 Å². The number of rotatable bonds is 10. The van der Waals surface area contributed by atoms with Crippen molar-refractivity contribution in [3.63, 3.8) is 0 Å². The van der Waals surface area contributed by atoms with Crippen LogP contribution in [0.15, 0.2) is 11.7 Å². The van der Waals surface area contributed by atoms with E-state index in [0.717, 1.165) is 32.6 Å². The zero-order valence-electron chi connectivity index (χ0n) is 10.9. The van der Waals surface area contributed by atoms with E-state index in [1.165, 1.54) is 17.7 Å². The van der Waals surface area contributed by atoms with Crippen LogP contribution in [-0.4, -0.2) is 30.8 Å². The third-order valence-electron chi connectivity index (χ3n) is 2.66. The largest absolute Gasteiger partial charge is 0.382 e. The Hall–Kier alpha value is -0.450. The van der Waals surface area contributed by atoms with Crippen LogP contribution in [0.1, 0.15) is 38.0 Å². The molecule has 17 heavy (non-hydrogen) atoms. The van der Waals surface area contributed by atoms with Crippen LogP contribution in [0.5, 0.6) is 0 Å². The lowest BCUT2D eigenvalue weighted by atomic mass is 10.1. The van der Waals surface area contributed by atoms with Crippen molar-refractivity contribution in [2.75, 3.05) is 19.8 Å². The van der Waals surface area contributed by atoms with Gasteiger partial charge in [0.2, 0.25) is 0 Å². The molecular weight excluding hydrogens is 232 g/mol. The first-order valence-electron chi connectivity index (χ1n) is 6.55. The number of hydrogen-bond acceptors (Lipinski definition) is 4. The van der Waals surface area contributed by atoms with E-state index < -0.39 is 0 Å². The fourth-order valence-corrected chi connectivity index (χ4v) is 2.46. The molecule has 0 aliphatic rings. The quantitative estimate of drug-likeness (QED) is 0.654. The third-order valence-corrected chi connectivity index (χ3v) is 3.46. The molecule has 0 amide bonds. The molecule has 1 atom stereocenters. The maximum Gasteiger partial charge on any atom is 0.0794 e. The minimum atomic E-state index is 0.566. The zero-order chi connectivity index (χ0) is 12.3. The number of hydrogen-bond donors (Lipinski definition) is 1. The van der Waals surface area contributed by atoms with Gasteiger partial charge in [-0.05, 0) is 39.2 Å². The molecule has 0 saturated heterocycles. The molecule has 1 unspecified atom stereocenters. The topological polar surface area (TPSA) is 34.1 Å². The molecule has 0 fully saturated rings. The van der Waals surface area contributed by atoms with E-state index >= 15 is 0 Å². The Morgan fingerprint density at radius 3 is 3.00 bits per heavy atom. The second-order valence-electron chi connectivity index (χ2n) is 4.16. The lowest BCUT2D eigenvalue weighted by Crippen LogP contribution is -2.31. The summed E-state index contributed by atoms with van der Waals surface area (Å²) in [5.41, 5.74) is 1.91. The minimum absolute atomic E-state index is 0.566. The average Bonchev–Trinajstić information content (AvgIpc) is 2.84. The average molecular weight is 256 g/mol. The second kappa shape index (κ2) is 9.57. The van der Waals surface area contributed by atoms with Crippen molar-refractivity contribution in [2.24, 2.45) is 0 Å². The van der Waals surface area contributed by atoms with E-state index in [1.807, 2.05) is 18.6 Å². The van der Waals surface area contributed by atoms with Crippen molar-refractivity contribution in [1.29, 1.82) is 0 Å². The summed E-state index contributed by atoms with van der Waals surface area (Å²) in [5, 5.41) is 3.61. The molecule has 1 N–H and O–H groups in total. The van der Waals surface area contributed by atoms with Crippen molar-refractivity contribution in [1.82, 2.24) is 10.3 Å². The summed E-state index contributed by atoms with van der Waals surface area (Å²) < 4.78 is 5.39. The maximum absolute atomic E-state index is 5.39. The van der Waals surface area contributed by atoms with Crippen molar-refractivity contribution in [2.45, 2.75) is 45.6 Å². The normalized spacial score (nSPS) is 12.8. The molecule has 1 aromatic rings. The van der Waals surface area contributed by atoms with Gasteiger partial charge in [0.05, 0.1) is 5.51 Å². The van der Waals surface area contributed by atoms with Crippen LogP contribution in [0, 0.1) is 0 Å². The van der Waals surface area contributed by atoms with Crippen molar-refractivity contribution >= 4 is 11.3 Å². The predicted octanol–water partition coefficient (Wildman–Crippen LogP) is 2.87. The predicted molar refractivity (Wildman–Crippen MR) is 73.6 cm³/mol. The molecule has 0 aliphatic heterocycles. The third kappa shape index (κ3) is 6.76. The highest BCUT2D eigenvalue weighted by Crippen LogP contribution is 2.11. The molecule has 0 aromatic carbocycles. The van der Waals surface area contributed by atoms with E-state index in [-0.39, 0.29) is 0 Å². The Kier molecular flexibility index (Phi) is 8.22. The molecule has 1 rings (SSSR count). The summed E-state index contributed by atoms with van der Waals surface area (Å²) >= 11 is 1.75. The summed E-state index contributed by atoms with van der Waals surface area (Å²) in [6.45, 7) is 7.05. The Morgan fingerprint density at radius 1 is 1.47 bits per heavy atom. The molecule has 4 heteroatoms. The molecule has 1 heterocycles. The molecule has 0 aliphatic carbocycles. The van der Waals surface area contributed by atoms with Gasteiger partial charge in [0.1, 0.15) is 0 Å². The lowest BCUT2D eigenvalue weighted by molar-refractivity contribution is 0.140. The fourth-order valence-electron chi connectivity index (χ4n) is 1.79. The van der Waals surface area contributed by atoms with E-state index in [9.17, 15) is 0 Å². The van der Waals surface area contributed by atoms with E-state index in [4.69, 9.17) is 4.74 Å². The highest BCUT2D eigenvalue weighted by molar-refractivity contribution is 7.09. The Morgan fingerprint density at radius 2 is 2.35 bits per heavy atom. The summed E-state index contributed by atoms with van der Waals surface area (Å²) in [7, 11) is 0. The number of aromatic nitrogens is 1. The molecule has 1 aromatic heterocycles. The molecular formula is C13H24N2OS. The van der Waals surface area contributed by atoms with Gasteiger partial charge in [-0.25, -0.2) is 0 Å². The monoisotopic (exact) mass is 256 g/mol. The van der Waals surface area contributed by atoms with E-state index in [1.54, 1.807) is 11.3 Å². The SMILES string of the molecule is CCCNC(CCCOCC)Cc1cncs1. The number of nitrogens with zero attached hydrogens (tertiary/aromatic N) is 1. The maximum atomic E-state index is 5.39. The van der Waals surface area contributed by atoms with Crippen LogP contribution < -0.4 is 5.32 Å². The number of ether oxygens (including phenoxy) is 1. The van der Waals surface area contributed by atoms with Crippen LogP contribution in [0.4, 0.5) is 0 Å². The first-order chi connectivity index (χ1) is 8.36. The highest BCUT2D eigenvalue weighted by atomic mass is 32.1. The minimum Gasteiger partial charge on any atom is -0.382 e. The van der Waals surface area contributed by atoms with Gasteiger partial charge >= 0.3 is 0 Å². The molecule has 0 saturated carbocycles. The Labute approximate surface area is 109 Å². The Bertz CT molecular complexity index is 264. The molecule has 0 radical (unpaired) electrons. The second-order valence-corrected chi connectivity index (χ2v) is 5.13. The summed E-state index contributed by atoms with van der Waals surface area (Å²) in [5.74, 6) is 0. The van der Waals surface area contributed by atoms with Gasteiger partial charge in [-0.3, -0.25) is 4.98 Å². The van der Waals surface area contributed by atoms with Gasteiger partial charge in [-0.15, -0.1) is 11.3 Å². The van der Waals surface area contributed by atoms with Crippen LogP contribution >= 0.6 is 11.3 Å². The molecule has 98 valence electrons.